The molecule has 102 valence electrons. The van der Waals surface area contributed by atoms with E-state index in [0.717, 1.165) is 12.2 Å². The van der Waals surface area contributed by atoms with E-state index in [1.54, 1.807) is 0 Å². The molecule has 1 heterocycles. The normalized spacial score (nSPS) is 10.8. The summed E-state index contributed by atoms with van der Waals surface area (Å²) in [6, 6.07) is 10.3. The first-order valence-electron chi connectivity index (χ1n) is 7.42. The van der Waals surface area contributed by atoms with Gasteiger partial charge in [-0.05, 0) is 19.8 Å². The van der Waals surface area contributed by atoms with Crippen molar-refractivity contribution in [3.63, 3.8) is 0 Å². The number of nitrogens with one attached hydrogen (secondary N) is 1. The first-order chi connectivity index (χ1) is 9.31. The number of imidazole rings is 1. The maximum Gasteiger partial charge on any atom is 0.137 e. The van der Waals surface area contributed by atoms with Gasteiger partial charge in [0.25, 0.3) is 0 Å². The van der Waals surface area contributed by atoms with E-state index < -0.39 is 0 Å². The Labute approximate surface area is 116 Å². The number of hydrogen-bond donors (Lipinski definition) is 1. The number of hydrogen-bond acceptors (Lipinski definition) is 1. The maximum atomic E-state index is 4.74. The Morgan fingerprint density at radius 3 is 2.47 bits per heavy atom. The quantitative estimate of drug-likeness (QED) is 0.701. The van der Waals surface area contributed by atoms with Crippen LogP contribution in [-0.2, 0) is 6.42 Å². The standard InChI is InChI=1S/C17H24N2/c1-3-4-5-6-10-13-16-14(2)18-17(19-16)15-11-8-7-9-12-15/h7-9,11-12H,3-6,10,13H2,1-2H3,(H,18,19). The lowest BCUT2D eigenvalue weighted by molar-refractivity contribution is 0.628. The van der Waals surface area contributed by atoms with Crippen LogP contribution in [0.5, 0.6) is 0 Å². The topological polar surface area (TPSA) is 28.7 Å². The van der Waals surface area contributed by atoms with Gasteiger partial charge < -0.3 is 4.98 Å². The van der Waals surface area contributed by atoms with Gasteiger partial charge in [0.05, 0.1) is 5.69 Å². The Balaban J connectivity index is 1.94. The van der Waals surface area contributed by atoms with E-state index in [1.807, 2.05) is 6.07 Å². The van der Waals surface area contributed by atoms with Crippen LogP contribution in [0.4, 0.5) is 0 Å². The molecule has 0 aliphatic carbocycles. The van der Waals surface area contributed by atoms with Gasteiger partial charge in [-0.1, -0.05) is 62.9 Å². The number of aromatic amines is 1. The molecule has 0 amide bonds. The zero-order valence-electron chi connectivity index (χ0n) is 12.1. The van der Waals surface area contributed by atoms with Crippen LogP contribution in [0, 0.1) is 6.92 Å². The molecule has 0 bridgehead atoms. The Kier molecular flexibility index (Phi) is 5.20. The van der Waals surface area contributed by atoms with Crippen molar-refractivity contribution in [2.45, 2.75) is 52.4 Å². The van der Waals surface area contributed by atoms with Crippen LogP contribution in [0.1, 0.15) is 50.4 Å². The van der Waals surface area contributed by atoms with Crippen LogP contribution in [-0.4, -0.2) is 9.97 Å². The average molecular weight is 256 g/mol. The van der Waals surface area contributed by atoms with Crippen LogP contribution in [0.15, 0.2) is 30.3 Å². The molecule has 0 aliphatic rings. The summed E-state index contributed by atoms with van der Waals surface area (Å²) < 4.78 is 0. The molecule has 0 fully saturated rings. The van der Waals surface area contributed by atoms with Gasteiger partial charge in [0.2, 0.25) is 0 Å². The molecule has 19 heavy (non-hydrogen) atoms. The summed E-state index contributed by atoms with van der Waals surface area (Å²) in [5.74, 6) is 1.00. The van der Waals surface area contributed by atoms with E-state index in [9.17, 15) is 0 Å². The molecular weight excluding hydrogens is 232 g/mol. The number of nitrogens with zero attached hydrogens (tertiary/aromatic N) is 1. The summed E-state index contributed by atoms with van der Waals surface area (Å²) in [5, 5.41) is 0. The largest absolute Gasteiger partial charge is 0.342 e. The van der Waals surface area contributed by atoms with Crippen molar-refractivity contribution in [1.82, 2.24) is 9.97 Å². The number of rotatable bonds is 7. The third kappa shape index (κ3) is 3.95. The van der Waals surface area contributed by atoms with E-state index >= 15 is 0 Å². The molecule has 0 aliphatic heterocycles. The minimum absolute atomic E-state index is 1.00. The molecule has 0 unspecified atom stereocenters. The fourth-order valence-electron chi connectivity index (χ4n) is 2.37. The lowest BCUT2D eigenvalue weighted by Gasteiger charge is -1.99. The first kappa shape index (κ1) is 13.9. The van der Waals surface area contributed by atoms with Gasteiger partial charge in [-0.25, -0.2) is 4.98 Å². The molecule has 2 aromatic rings. The average Bonchev–Trinajstić information content (AvgIpc) is 2.81. The highest BCUT2D eigenvalue weighted by molar-refractivity contribution is 5.55. The predicted octanol–water partition coefficient (Wildman–Crippen LogP) is 4.90. The Morgan fingerprint density at radius 2 is 1.74 bits per heavy atom. The summed E-state index contributed by atoms with van der Waals surface area (Å²) in [5.41, 5.74) is 3.62. The van der Waals surface area contributed by atoms with Gasteiger partial charge in [0.1, 0.15) is 5.82 Å². The van der Waals surface area contributed by atoms with E-state index in [-0.39, 0.29) is 0 Å². The molecule has 2 nitrogen and oxygen atoms in total. The fraction of sp³-hybridized carbons (Fsp3) is 0.471. The highest BCUT2D eigenvalue weighted by Crippen LogP contribution is 2.19. The second kappa shape index (κ2) is 7.13. The molecule has 0 saturated heterocycles. The highest BCUT2D eigenvalue weighted by Gasteiger charge is 2.07. The Bertz CT molecular complexity index is 485. The minimum atomic E-state index is 1.00. The third-order valence-corrected chi connectivity index (χ3v) is 3.55. The van der Waals surface area contributed by atoms with Crippen molar-refractivity contribution < 1.29 is 0 Å². The molecule has 2 rings (SSSR count). The SMILES string of the molecule is CCCCCCCc1nc(-c2ccccc2)[nH]c1C. The van der Waals surface area contributed by atoms with Crippen molar-refractivity contribution in [1.29, 1.82) is 0 Å². The zero-order valence-corrected chi connectivity index (χ0v) is 12.1. The number of aryl methyl sites for hydroxylation is 2. The van der Waals surface area contributed by atoms with Gasteiger partial charge in [-0.3, -0.25) is 0 Å². The van der Waals surface area contributed by atoms with E-state index in [1.165, 1.54) is 49.1 Å². The van der Waals surface area contributed by atoms with Crippen LogP contribution in [0.3, 0.4) is 0 Å². The molecule has 1 aromatic carbocycles. The fourth-order valence-corrected chi connectivity index (χ4v) is 2.37. The van der Waals surface area contributed by atoms with Gasteiger partial charge in [-0.15, -0.1) is 0 Å². The molecule has 2 heteroatoms. The molecule has 0 spiro atoms. The summed E-state index contributed by atoms with van der Waals surface area (Å²) in [4.78, 5) is 8.14. The van der Waals surface area contributed by atoms with E-state index in [2.05, 4.69) is 43.1 Å². The van der Waals surface area contributed by atoms with Crippen molar-refractivity contribution in [2.75, 3.05) is 0 Å². The van der Waals surface area contributed by atoms with E-state index in [4.69, 9.17) is 4.98 Å². The second-order valence-corrected chi connectivity index (χ2v) is 5.19. The van der Waals surface area contributed by atoms with Gasteiger partial charge >= 0.3 is 0 Å². The smallest absolute Gasteiger partial charge is 0.137 e. The monoisotopic (exact) mass is 256 g/mol. The second-order valence-electron chi connectivity index (χ2n) is 5.19. The van der Waals surface area contributed by atoms with Crippen molar-refractivity contribution in [2.24, 2.45) is 0 Å². The summed E-state index contributed by atoms with van der Waals surface area (Å²) >= 11 is 0. The van der Waals surface area contributed by atoms with Crippen LogP contribution < -0.4 is 0 Å². The predicted molar refractivity (Wildman–Crippen MR) is 81.2 cm³/mol. The van der Waals surface area contributed by atoms with Gasteiger partial charge in [0.15, 0.2) is 0 Å². The van der Waals surface area contributed by atoms with E-state index in [0.29, 0.717) is 0 Å². The molecule has 1 N–H and O–H groups in total. The molecule has 1 aromatic heterocycles. The van der Waals surface area contributed by atoms with Crippen LogP contribution in [0.25, 0.3) is 11.4 Å². The van der Waals surface area contributed by atoms with Crippen molar-refractivity contribution in [3.05, 3.63) is 41.7 Å². The summed E-state index contributed by atoms with van der Waals surface area (Å²) in [6.45, 7) is 4.38. The lowest BCUT2D eigenvalue weighted by atomic mass is 10.1. The summed E-state index contributed by atoms with van der Waals surface area (Å²) in [6.07, 6.45) is 7.68. The summed E-state index contributed by atoms with van der Waals surface area (Å²) in [7, 11) is 0. The Morgan fingerprint density at radius 1 is 1.00 bits per heavy atom. The maximum absolute atomic E-state index is 4.74. The van der Waals surface area contributed by atoms with Crippen LogP contribution >= 0.6 is 0 Å². The number of benzene rings is 1. The van der Waals surface area contributed by atoms with Crippen molar-refractivity contribution in [3.8, 4) is 11.4 Å². The number of aromatic nitrogens is 2. The lowest BCUT2D eigenvalue weighted by Crippen LogP contribution is -1.89. The molecule has 0 saturated carbocycles. The zero-order chi connectivity index (χ0) is 13.5. The van der Waals surface area contributed by atoms with Crippen molar-refractivity contribution >= 4 is 0 Å². The molecule has 0 atom stereocenters. The first-order valence-corrected chi connectivity index (χ1v) is 7.42. The third-order valence-electron chi connectivity index (χ3n) is 3.55. The Hall–Kier alpha value is -1.57. The highest BCUT2D eigenvalue weighted by atomic mass is 14.9. The number of unbranched alkanes of at least 4 members (excludes halogenated alkanes) is 4. The molecule has 0 radical (unpaired) electrons. The number of H-pyrrole nitrogens is 1. The van der Waals surface area contributed by atoms with Gasteiger partial charge in [0, 0.05) is 11.3 Å². The van der Waals surface area contributed by atoms with Crippen LogP contribution in [0.2, 0.25) is 0 Å². The minimum Gasteiger partial charge on any atom is -0.342 e. The van der Waals surface area contributed by atoms with Gasteiger partial charge in [-0.2, -0.15) is 0 Å². The molecular formula is C17H24N2.